The number of carbonyl (C=O) groups is 1. The van der Waals surface area contributed by atoms with Gasteiger partial charge in [0.2, 0.25) is 5.95 Å². The van der Waals surface area contributed by atoms with Crippen LogP contribution in [0, 0.1) is 0 Å². The zero-order valence-corrected chi connectivity index (χ0v) is 17.3. The van der Waals surface area contributed by atoms with Crippen LogP contribution in [0.5, 0.6) is 11.5 Å². The third-order valence-electron chi connectivity index (χ3n) is 4.72. The van der Waals surface area contributed by atoms with Crippen LogP contribution in [0.15, 0.2) is 29.5 Å². The van der Waals surface area contributed by atoms with Gasteiger partial charge in [-0.25, -0.2) is 4.79 Å². The van der Waals surface area contributed by atoms with Gasteiger partial charge in [0.25, 0.3) is 0 Å². The van der Waals surface area contributed by atoms with E-state index >= 15 is 0 Å². The predicted octanol–water partition coefficient (Wildman–Crippen LogP) is 3.10. The minimum absolute atomic E-state index is 0.380. The maximum Gasteiger partial charge on any atom is 0.338 e. The van der Waals surface area contributed by atoms with E-state index in [1.54, 1.807) is 11.8 Å². The summed E-state index contributed by atoms with van der Waals surface area (Å²) in [6.07, 6.45) is 2.91. The molecular weight excluding hydrogens is 374 g/mol. The monoisotopic (exact) mass is 401 g/mol. The Kier molecular flexibility index (Phi) is 6.69. The number of nitrogens with one attached hydrogen (secondary N) is 1. The average Bonchev–Trinajstić information content (AvgIpc) is 3.18. The van der Waals surface area contributed by atoms with Gasteiger partial charge in [0.1, 0.15) is 6.04 Å². The molecule has 0 bridgehead atoms. The van der Waals surface area contributed by atoms with Crippen LogP contribution in [0.1, 0.15) is 51.6 Å². The lowest BCUT2D eigenvalue weighted by atomic mass is 9.95. The lowest BCUT2D eigenvalue weighted by Gasteiger charge is -2.27. The molecule has 2 heterocycles. The number of rotatable bonds is 9. The van der Waals surface area contributed by atoms with Crippen molar-refractivity contribution >= 4 is 11.9 Å². The van der Waals surface area contributed by atoms with E-state index in [2.05, 4.69) is 27.8 Å². The summed E-state index contributed by atoms with van der Waals surface area (Å²) < 4.78 is 18.2. The van der Waals surface area contributed by atoms with Gasteiger partial charge in [-0.2, -0.15) is 4.68 Å². The van der Waals surface area contributed by atoms with Gasteiger partial charge >= 0.3 is 5.97 Å². The molecule has 9 nitrogen and oxygen atoms in total. The average molecular weight is 401 g/mol. The van der Waals surface area contributed by atoms with Crippen LogP contribution >= 0.6 is 0 Å². The van der Waals surface area contributed by atoms with Crippen LogP contribution in [-0.4, -0.2) is 46.5 Å². The van der Waals surface area contributed by atoms with E-state index in [1.165, 1.54) is 0 Å². The van der Waals surface area contributed by atoms with E-state index in [-0.39, 0.29) is 5.97 Å². The SMILES string of the molecule is CCCCCOC(=O)C1=C(C)Nc2nnnn2[C@H]1c1ccc(OCC)c(OC)c1. The van der Waals surface area contributed by atoms with E-state index in [0.717, 1.165) is 24.8 Å². The topological polar surface area (TPSA) is 100 Å². The first-order chi connectivity index (χ1) is 14.1. The van der Waals surface area contributed by atoms with Crippen LogP contribution in [0.3, 0.4) is 0 Å². The molecule has 9 heteroatoms. The quantitative estimate of drug-likeness (QED) is 0.505. The molecule has 1 aliphatic heterocycles. The normalized spacial score (nSPS) is 15.5. The molecule has 0 fully saturated rings. The second kappa shape index (κ2) is 9.40. The number of ether oxygens (including phenoxy) is 3. The van der Waals surface area contributed by atoms with E-state index in [9.17, 15) is 4.79 Å². The number of anilines is 1. The number of hydrogen-bond acceptors (Lipinski definition) is 8. The number of nitrogens with zero attached hydrogens (tertiary/aromatic N) is 4. The van der Waals surface area contributed by atoms with E-state index in [4.69, 9.17) is 14.2 Å². The van der Waals surface area contributed by atoms with Crippen molar-refractivity contribution in [1.82, 2.24) is 20.2 Å². The maximum atomic E-state index is 13.0. The second-order valence-corrected chi connectivity index (χ2v) is 6.70. The smallest absolute Gasteiger partial charge is 0.338 e. The molecule has 0 radical (unpaired) electrons. The highest BCUT2D eigenvalue weighted by Gasteiger charge is 2.35. The molecule has 29 heavy (non-hydrogen) atoms. The van der Waals surface area contributed by atoms with Gasteiger partial charge in [-0.3, -0.25) is 0 Å². The maximum absolute atomic E-state index is 13.0. The number of tetrazole rings is 1. The molecule has 1 atom stereocenters. The highest BCUT2D eigenvalue weighted by Crippen LogP contribution is 2.38. The molecule has 0 amide bonds. The van der Waals surface area contributed by atoms with Gasteiger partial charge in [0.05, 0.1) is 25.9 Å². The minimum atomic E-state index is -0.537. The van der Waals surface area contributed by atoms with E-state index in [1.807, 2.05) is 32.0 Å². The molecule has 1 aromatic heterocycles. The van der Waals surface area contributed by atoms with Gasteiger partial charge in [0.15, 0.2) is 11.5 Å². The first-order valence-corrected chi connectivity index (χ1v) is 9.84. The molecule has 0 saturated heterocycles. The fourth-order valence-corrected chi connectivity index (χ4v) is 3.31. The molecule has 1 N–H and O–H groups in total. The van der Waals surface area contributed by atoms with Gasteiger partial charge in [-0.05, 0) is 48.4 Å². The van der Waals surface area contributed by atoms with Gasteiger partial charge in [0, 0.05) is 5.70 Å². The molecule has 156 valence electrons. The minimum Gasteiger partial charge on any atom is -0.493 e. The zero-order chi connectivity index (χ0) is 20.8. The molecule has 2 aromatic rings. The lowest BCUT2D eigenvalue weighted by Crippen LogP contribution is -2.30. The molecule has 0 unspecified atom stereocenters. The van der Waals surface area contributed by atoms with Crippen LogP contribution in [0.2, 0.25) is 0 Å². The number of fused-ring (bicyclic) bond motifs is 1. The van der Waals surface area contributed by atoms with Crippen LogP contribution in [0.25, 0.3) is 0 Å². The fourth-order valence-electron chi connectivity index (χ4n) is 3.31. The lowest BCUT2D eigenvalue weighted by molar-refractivity contribution is -0.139. The van der Waals surface area contributed by atoms with Crippen molar-refractivity contribution in [1.29, 1.82) is 0 Å². The number of benzene rings is 1. The molecular formula is C20H27N5O4. The standard InChI is InChI=1S/C20H27N5O4/c1-5-7-8-11-29-19(26)17-13(3)21-20-22-23-24-25(20)18(17)14-9-10-15(28-6-2)16(12-14)27-4/h9-10,12,18H,5-8,11H2,1-4H3,(H,21,22,24)/t18-/m0/s1. The molecule has 0 saturated carbocycles. The van der Waals surface area contributed by atoms with E-state index < -0.39 is 6.04 Å². The Labute approximate surface area is 170 Å². The van der Waals surface area contributed by atoms with Crippen molar-refractivity contribution in [3.63, 3.8) is 0 Å². The third-order valence-corrected chi connectivity index (χ3v) is 4.72. The van der Waals surface area contributed by atoms with Crippen molar-refractivity contribution < 1.29 is 19.0 Å². The van der Waals surface area contributed by atoms with Crippen LogP contribution in [0.4, 0.5) is 5.95 Å². The largest absolute Gasteiger partial charge is 0.493 e. The Morgan fingerprint density at radius 3 is 2.79 bits per heavy atom. The number of hydrogen-bond donors (Lipinski definition) is 1. The van der Waals surface area contributed by atoms with Gasteiger partial charge in [-0.1, -0.05) is 30.9 Å². The number of aromatic nitrogens is 4. The summed E-state index contributed by atoms with van der Waals surface area (Å²) in [7, 11) is 1.58. The number of esters is 1. The number of carbonyl (C=O) groups excluding carboxylic acids is 1. The van der Waals surface area contributed by atoms with Gasteiger partial charge in [-0.15, -0.1) is 0 Å². The summed E-state index contributed by atoms with van der Waals surface area (Å²) >= 11 is 0. The Hall–Kier alpha value is -3.10. The van der Waals surface area contributed by atoms with Gasteiger partial charge < -0.3 is 19.5 Å². The second-order valence-electron chi connectivity index (χ2n) is 6.70. The Morgan fingerprint density at radius 2 is 2.07 bits per heavy atom. The summed E-state index contributed by atoms with van der Waals surface area (Å²) in [5.74, 6) is 1.29. The van der Waals surface area contributed by atoms with Crippen LogP contribution < -0.4 is 14.8 Å². The first-order valence-electron chi connectivity index (χ1n) is 9.84. The summed E-state index contributed by atoms with van der Waals surface area (Å²) in [4.78, 5) is 13.0. The number of unbranched alkanes of at least 4 members (excludes halogenated alkanes) is 2. The molecule has 1 aromatic carbocycles. The summed E-state index contributed by atoms with van der Waals surface area (Å²) in [5, 5.41) is 14.9. The highest BCUT2D eigenvalue weighted by molar-refractivity contribution is 5.92. The van der Waals surface area contributed by atoms with Crippen molar-refractivity contribution in [2.45, 2.75) is 46.1 Å². The summed E-state index contributed by atoms with van der Waals surface area (Å²) in [6.45, 7) is 6.74. The number of allylic oxidation sites excluding steroid dienone is 1. The predicted molar refractivity (Wildman–Crippen MR) is 107 cm³/mol. The van der Waals surface area contributed by atoms with Crippen LogP contribution in [-0.2, 0) is 9.53 Å². The fraction of sp³-hybridized carbons (Fsp3) is 0.500. The summed E-state index contributed by atoms with van der Waals surface area (Å²) in [5.41, 5.74) is 1.92. The van der Waals surface area contributed by atoms with Crippen molar-refractivity contribution in [3.8, 4) is 11.5 Å². The van der Waals surface area contributed by atoms with E-state index in [0.29, 0.717) is 41.9 Å². The Balaban J connectivity index is 1.98. The molecule has 0 spiro atoms. The molecule has 3 rings (SSSR count). The van der Waals surface area contributed by atoms with Crippen molar-refractivity contribution in [2.75, 3.05) is 25.6 Å². The first kappa shape index (κ1) is 20.6. The zero-order valence-electron chi connectivity index (χ0n) is 17.3. The summed E-state index contributed by atoms with van der Waals surface area (Å²) in [6, 6.07) is 5.00. The number of methoxy groups -OCH3 is 1. The van der Waals surface area contributed by atoms with Crippen molar-refractivity contribution in [2.24, 2.45) is 0 Å². The molecule has 0 aliphatic carbocycles. The third kappa shape index (κ3) is 4.33. The Bertz CT molecular complexity index is 893. The van der Waals surface area contributed by atoms with Crippen molar-refractivity contribution in [3.05, 3.63) is 35.0 Å². The Morgan fingerprint density at radius 1 is 1.24 bits per heavy atom. The highest BCUT2D eigenvalue weighted by atomic mass is 16.5. The molecule has 1 aliphatic rings.